The van der Waals surface area contributed by atoms with Crippen LogP contribution < -0.4 is 9.47 Å². The zero-order chi connectivity index (χ0) is 19.1. The molecule has 2 aromatic carbocycles. The largest absolute Gasteiger partial charge is 0.486 e. The number of rotatable bonds is 3. The molecule has 0 unspecified atom stereocenters. The van der Waals surface area contributed by atoms with Gasteiger partial charge in [0.1, 0.15) is 13.2 Å². The monoisotopic (exact) mass is 385 g/mol. The van der Waals surface area contributed by atoms with Gasteiger partial charge in [0, 0.05) is 27.7 Å². The first-order chi connectivity index (χ1) is 13.0. The molecule has 2 heterocycles. The van der Waals surface area contributed by atoms with E-state index in [1.807, 2.05) is 0 Å². The third-order valence-corrected chi connectivity index (χ3v) is 4.87. The normalized spacial score (nSPS) is 13.0. The highest BCUT2D eigenvalue weighted by molar-refractivity contribution is 6.30. The van der Waals surface area contributed by atoms with Gasteiger partial charge in [0.2, 0.25) is 0 Å². The van der Waals surface area contributed by atoms with E-state index in [4.69, 9.17) is 21.1 Å². The van der Waals surface area contributed by atoms with E-state index < -0.39 is 5.97 Å². The van der Waals surface area contributed by atoms with E-state index in [-0.39, 0.29) is 12.3 Å². The minimum Gasteiger partial charge on any atom is -0.486 e. The van der Waals surface area contributed by atoms with Gasteiger partial charge in [-0.05, 0) is 42.8 Å². The Morgan fingerprint density at radius 3 is 2.37 bits per heavy atom. The topological polar surface area (TPSA) is 77.8 Å². The molecule has 6 nitrogen and oxygen atoms in total. The Kier molecular flexibility index (Phi) is 4.28. The molecule has 4 rings (SSSR count). The number of carboxylic acid groups (broad SMARTS) is 1. The number of aromatic nitrogens is 1. The van der Waals surface area contributed by atoms with Crippen molar-refractivity contribution in [2.75, 3.05) is 13.2 Å². The maximum Gasteiger partial charge on any atom is 0.307 e. The van der Waals surface area contributed by atoms with Gasteiger partial charge in [0.15, 0.2) is 11.5 Å². The fraction of sp³-hybridized carbons (Fsp3) is 0.200. The van der Waals surface area contributed by atoms with E-state index in [9.17, 15) is 14.7 Å². The first kappa shape index (κ1) is 17.4. The summed E-state index contributed by atoms with van der Waals surface area (Å²) < 4.78 is 12.8. The van der Waals surface area contributed by atoms with Gasteiger partial charge in [-0.1, -0.05) is 11.6 Å². The predicted octanol–water partition coefficient (Wildman–Crippen LogP) is 3.69. The molecule has 1 N–H and O–H groups in total. The molecule has 138 valence electrons. The van der Waals surface area contributed by atoms with Crippen molar-refractivity contribution < 1.29 is 24.2 Å². The first-order valence-corrected chi connectivity index (χ1v) is 8.79. The molecule has 0 bridgehead atoms. The van der Waals surface area contributed by atoms with Crippen molar-refractivity contribution in [1.29, 1.82) is 0 Å². The highest BCUT2D eigenvalue weighted by Gasteiger charge is 2.24. The smallest absolute Gasteiger partial charge is 0.307 e. The Labute approximate surface area is 159 Å². The molecule has 1 aliphatic heterocycles. The summed E-state index contributed by atoms with van der Waals surface area (Å²) in [6, 6.07) is 10.1. The number of benzene rings is 2. The standard InChI is InChI=1S/C20H16ClNO5/c1-11-14(9-19(23)24)15-8-17-18(27-7-6-26-17)10-16(15)22(11)20(25)12-2-4-13(21)5-3-12/h2-5,8,10H,6-7,9H2,1H3,(H,23,24). The molecular weight excluding hydrogens is 370 g/mol. The molecule has 0 spiro atoms. The van der Waals surface area contributed by atoms with Gasteiger partial charge in [-0.15, -0.1) is 0 Å². The number of hydrogen-bond acceptors (Lipinski definition) is 4. The van der Waals surface area contributed by atoms with Crippen molar-refractivity contribution in [1.82, 2.24) is 4.57 Å². The molecule has 0 saturated heterocycles. The molecule has 0 saturated carbocycles. The fourth-order valence-electron chi connectivity index (χ4n) is 3.37. The van der Waals surface area contributed by atoms with Crippen molar-refractivity contribution in [3.8, 4) is 11.5 Å². The molecule has 27 heavy (non-hydrogen) atoms. The number of nitrogens with zero attached hydrogens (tertiary/aromatic N) is 1. The van der Waals surface area contributed by atoms with E-state index >= 15 is 0 Å². The lowest BCUT2D eigenvalue weighted by atomic mass is 10.1. The SMILES string of the molecule is Cc1c(CC(=O)O)c2cc3c(cc2n1C(=O)c1ccc(Cl)cc1)OCCO3. The lowest BCUT2D eigenvalue weighted by Gasteiger charge is -2.18. The number of carboxylic acids is 1. The zero-order valence-electron chi connectivity index (χ0n) is 14.5. The van der Waals surface area contributed by atoms with Gasteiger partial charge in [0.25, 0.3) is 5.91 Å². The first-order valence-electron chi connectivity index (χ1n) is 8.41. The van der Waals surface area contributed by atoms with Crippen LogP contribution in [-0.4, -0.2) is 34.8 Å². The summed E-state index contributed by atoms with van der Waals surface area (Å²) in [7, 11) is 0. The van der Waals surface area contributed by atoms with Crippen LogP contribution in [0.25, 0.3) is 10.9 Å². The average molecular weight is 386 g/mol. The van der Waals surface area contributed by atoms with Crippen LogP contribution in [0.5, 0.6) is 11.5 Å². The second-order valence-electron chi connectivity index (χ2n) is 6.29. The van der Waals surface area contributed by atoms with Crippen LogP contribution in [0.2, 0.25) is 5.02 Å². The molecule has 0 aliphatic carbocycles. The van der Waals surface area contributed by atoms with Crippen molar-refractivity contribution in [2.24, 2.45) is 0 Å². The van der Waals surface area contributed by atoms with Crippen molar-refractivity contribution >= 4 is 34.4 Å². The number of carbonyl (C=O) groups excluding carboxylic acids is 1. The zero-order valence-corrected chi connectivity index (χ0v) is 15.2. The Hall–Kier alpha value is -2.99. The Balaban J connectivity index is 1.95. The Morgan fingerprint density at radius 1 is 1.11 bits per heavy atom. The van der Waals surface area contributed by atoms with Crippen LogP contribution in [0.15, 0.2) is 36.4 Å². The van der Waals surface area contributed by atoms with Gasteiger partial charge in [-0.25, -0.2) is 0 Å². The molecular formula is C20H16ClNO5. The third kappa shape index (κ3) is 3.02. The maximum absolute atomic E-state index is 13.2. The molecule has 0 fully saturated rings. The van der Waals surface area contributed by atoms with Gasteiger partial charge < -0.3 is 14.6 Å². The summed E-state index contributed by atoms with van der Waals surface area (Å²) >= 11 is 5.92. The van der Waals surface area contributed by atoms with Crippen molar-refractivity contribution in [2.45, 2.75) is 13.3 Å². The van der Waals surface area contributed by atoms with Gasteiger partial charge in [-0.3, -0.25) is 14.2 Å². The molecule has 3 aromatic rings. The van der Waals surface area contributed by atoms with Crippen LogP contribution in [-0.2, 0) is 11.2 Å². The summed E-state index contributed by atoms with van der Waals surface area (Å²) in [5.74, 6) is -0.136. The van der Waals surface area contributed by atoms with Crippen LogP contribution in [0.3, 0.4) is 0 Å². The third-order valence-electron chi connectivity index (χ3n) is 4.62. The lowest BCUT2D eigenvalue weighted by Crippen LogP contribution is -2.16. The summed E-state index contributed by atoms with van der Waals surface area (Å²) in [6.07, 6.45) is -0.192. The highest BCUT2D eigenvalue weighted by Crippen LogP contribution is 2.38. The fourth-order valence-corrected chi connectivity index (χ4v) is 3.50. The van der Waals surface area contributed by atoms with Crippen LogP contribution >= 0.6 is 11.6 Å². The van der Waals surface area contributed by atoms with E-state index in [0.717, 1.165) is 0 Å². The van der Waals surface area contributed by atoms with Crippen LogP contribution in [0.4, 0.5) is 0 Å². The second kappa shape index (κ2) is 6.63. The molecule has 7 heteroatoms. The molecule has 0 amide bonds. The lowest BCUT2D eigenvalue weighted by molar-refractivity contribution is -0.136. The number of fused-ring (bicyclic) bond motifs is 2. The number of halogens is 1. The van der Waals surface area contributed by atoms with E-state index in [2.05, 4.69) is 0 Å². The average Bonchev–Trinajstić information content (AvgIpc) is 2.90. The summed E-state index contributed by atoms with van der Waals surface area (Å²) in [5, 5.41) is 10.5. The maximum atomic E-state index is 13.2. The summed E-state index contributed by atoms with van der Waals surface area (Å²) in [5.41, 5.74) is 2.20. The Bertz CT molecular complexity index is 1070. The molecule has 0 atom stereocenters. The summed E-state index contributed by atoms with van der Waals surface area (Å²) in [4.78, 5) is 24.5. The van der Waals surface area contributed by atoms with Crippen molar-refractivity contribution in [3.05, 3.63) is 58.2 Å². The van der Waals surface area contributed by atoms with E-state index in [1.54, 1.807) is 43.3 Å². The minimum absolute atomic E-state index is 0.192. The van der Waals surface area contributed by atoms with Gasteiger partial charge in [0.05, 0.1) is 11.9 Å². The molecule has 0 radical (unpaired) electrons. The number of hydrogen-bond donors (Lipinski definition) is 1. The minimum atomic E-state index is -0.967. The second-order valence-corrected chi connectivity index (χ2v) is 6.73. The predicted molar refractivity (Wildman–Crippen MR) is 100 cm³/mol. The van der Waals surface area contributed by atoms with Crippen LogP contribution in [0.1, 0.15) is 21.6 Å². The van der Waals surface area contributed by atoms with E-state index in [0.29, 0.717) is 57.5 Å². The van der Waals surface area contributed by atoms with Gasteiger partial charge >= 0.3 is 5.97 Å². The van der Waals surface area contributed by atoms with E-state index in [1.165, 1.54) is 4.57 Å². The van der Waals surface area contributed by atoms with Crippen LogP contribution in [0, 0.1) is 6.92 Å². The highest BCUT2D eigenvalue weighted by atomic mass is 35.5. The molecule has 1 aliphatic rings. The number of carbonyl (C=O) groups is 2. The quantitative estimate of drug-likeness (QED) is 0.744. The van der Waals surface area contributed by atoms with Gasteiger partial charge in [-0.2, -0.15) is 0 Å². The Morgan fingerprint density at radius 2 is 1.74 bits per heavy atom. The number of aliphatic carboxylic acids is 1. The number of ether oxygens (including phenoxy) is 2. The summed E-state index contributed by atoms with van der Waals surface area (Å²) in [6.45, 7) is 2.59. The molecule has 1 aromatic heterocycles. The van der Waals surface area contributed by atoms with Crippen molar-refractivity contribution in [3.63, 3.8) is 0 Å².